The predicted octanol–water partition coefficient (Wildman–Crippen LogP) is 2.90. The first-order valence-corrected chi connectivity index (χ1v) is 6.90. The molecule has 0 amide bonds. The van der Waals surface area contributed by atoms with E-state index in [1.54, 1.807) is 12.1 Å². The maximum Gasteiger partial charge on any atom is 0.160 e. The minimum atomic E-state index is -0.274. The Hall–Kier alpha value is -3.02. The molecule has 0 radical (unpaired) electrons. The number of benzene rings is 2. The number of rotatable bonds is 5. The highest BCUT2D eigenvalue weighted by Crippen LogP contribution is 2.26. The van der Waals surface area contributed by atoms with Crippen molar-refractivity contribution in [3.8, 4) is 23.0 Å². The minimum absolute atomic E-state index is 0.0121. The highest BCUT2D eigenvalue weighted by molar-refractivity contribution is 5.76. The largest absolute Gasteiger partial charge is 0.504 e. The van der Waals surface area contributed by atoms with Crippen molar-refractivity contribution in [3.05, 3.63) is 47.5 Å². The fraction of sp³-hybridized carbons (Fsp3) is 0.176. The number of phenols is 3. The van der Waals surface area contributed by atoms with Crippen molar-refractivity contribution < 1.29 is 29.6 Å². The lowest BCUT2D eigenvalue weighted by molar-refractivity contribution is 0.111. The predicted molar refractivity (Wildman–Crippen MR) is 84.4 cm³/mol. The van der Waals surface area contributed by atoms with Gasteiger partial charge in [0.05, 0.1) is 6.61 Å². The monoisotopic (exact) mass is 318 g/mol. The van der Waals surface area contributed by atoms with E-state index in [2.05, 4.69) is 0 Å². The van der Waals surface area contributed by atoms with Crippen molar-refractivity contribution >= 4 is 12.6 Å². The summed E-state index contributed by atoms with van der Waals surface area (Å²) >= 11 is 0. The average Bonchev–Trinajstić information content (AvgIpc) is 2.56. The lowest BCUT2D eigenvalue weighted by atomic mass is 10.2. The van der Waals surface area contributed by atoms with Crippen LogP contribution in [0, 0.1) is 0 Å². The van der Waals surface area contributed by atoms with Crippen LogP contribution in [0.3, 0.4) is 0 Å². The summed E-state index contributed by atoms with van der Waals surface area (Å²) in [7, 11) is 0. The molecule has 2 aromatic carbocycles. The molecule has 0 spiro atoms. The van der Waals surface area contributed by atoms with Gasteiger partial charge < -0.3 is 20.1 Å². The molecule has 0 aliphatic rings. The van der Waals surface area contributed by atoms with E-state index in [0.29, 0.717) is 36.1 Å². The number of phenolic OH excluding ortho intramolecular Hbond substituents is 3. The minimum Gasteiger partial charge on any atom is -0.504 e. The molecule has 6 nitrogen and oxygen atoms in total. The Morgan fingerprint density at radius 3 is 1.91 bits per heavy atom. The SMILES string of the molecule is CCCOc1ccc(C=O)cc1O.O=Cc1ccc(O)c(O)c1. The van der Waals surface area contributed by atoms with Gasteiger partial charge in [-0.3, -0.25) is 9.59 Å². The normalized spacial score (nSPS) is 9.43. The molecule has 0 atom stereocenters. The maximum absolute atomic E-state index is 10.3. The van der Waals surface area contributed by atoms with E-state index in [9.17, 15) is 14.7 Å². The van der Waals surface area contributed by atoms with Crippen molar-refractivity contribution in [2.75, 3.05) is 6.61 Å². The summed E-state index contributed by atoms with van der Waals surface area (Å²) in [5, 5.41) is 27.0. The van der Waals surface area contributed by atoms with Gasteiger partial charge in [-0.1, -0.05) is 6.92 Å². The van der Waals surface area contributed by atoms with Crippen molar-refractivity contribution in [3.63, 3.8) is 0 Å². The second-order valence-electron chi connectivity index (χ2n) is 4.56. The van der Waals surface area contributed by atoms with Crippen LogP contribution in [0.25, 0.3) is 0 Å². The molecule has 2 aromatic rings. The second kappa shape index (κ2) is 9.09. The van der Waals surface area contributed by atoms with E-state index < -0.39 is 0 Å². The highest BCUT2D eigenvalue weighted by atomic mass is 16.5. The molecule has 0 aliphatic carbocycles. The van der Waals surface area contributed by atoms with Crippen LogP contribution in [0.15, 0.2) is 36.4 Å². The summed E-state index contributed by atoms with van der Waals surface area (Å²) in [6, 6.07) is 8.47. The van der Waals surface area contributed by atoms with E-state index in [4.69, 9.17) is 14.9 Å². The van der Waals surface area contributed by atoms with Crippen LogP contribution in [-0.4, -0.2) is 34.5 Å². The smallest absolute Gasteiger partial charge is 0.160 e. The topological polar surface area (TPSA) is 104 Å². The van der Waals surface area contributed by atoms with Crippen molar-refractivity contribution in [2.24, 2.45) is 0 Å². The molecule has 2 rings (SSSR count). The Morgan fingerprint density at radius 1 is 0.870 bits per heavy atom. The molecule has 23 heavy (non-hydrogen) atoms. The zero-order valence-corrected chi connectivity index (χ0v) is 12.6. The van der Waals surface area contributed by atoms with Gasteiger partial charge in [0, 0.05) is 11.1 Å². The van der Waals surface area contributed by atoms with Crippen LogP contribution in [0.4, 0.5) is 0 Å². The van der Waals surface area contributed by atoms with Crippen LogP contribution in [0.5, 0.6) is 23.0 Å². The Balaban J connectivity index is 0.000000238. The van der Waals surface area contributed by atoms with Crippen LogP contribution < -0.4 is 4.74 Å². The number of aromatic hydroxyl groups is 3. The fourth-order valence-electron chi connectivity index (χ4n) is 1.56. The summed E-state index contributed by atoms with van der Waals surface area (Å²) in [5.74, 6) is -0.0549. The molecule has 0 fully saturated rings. The first kappa shape index (κ1) is 18.0. The third-order valence-corrected chi connectivity index (χ3v) is 2.72. The van der Waals surface area contributed by atoms with Gasteiger partial charge in [0.15, 0.2) is 23.0 Å². The molecule has 0 saturated heterocycles. The molecule has 0 aliphatic heterocycles. The van der Waals surface area contributed by atoms with Gasteiger partial charge in [0.2, 0.25) is 0 Å². The Bertz CT molecular complexity index is 666. The summed E-state index contributed by atoms with van der Waals surface area (Å²) in [6.45, 7) is 2.55. The van der Waals surface area contributed by atoms with Crippen LogP contribution in [0.2, 0.25) is 0 Å². The van der Waals surface area contributed by atoms with Gasteiger partial charge in [-0.2, -0.15) is 0 Å². The number of aldehydes is 2. The molecule has 0 bridgehead atoms. The molecule has 6 heteroatoms. The molecule has 0 heterocycles. The third-order valence-electron chi connectivity index (χ3n) is 2.72. The second-order valence-corrected chi connectivity index (χ2v) is 4.56. The lowest BCUT2D eigenvalue weighted by Crippen LogP contribution is -1.95. The van der Waals surface area contributed by atoms with Gasteiger partial charge >= 0.3 is 0 Å². The standard InChI is InChI=1S/C10H12O3.C7H6O3/c1-2-5-13-10-4-3-8(7-11)6-9(10)12;8-4-5-1-2-6(9)7(10)3-5/h3-4,6-7,12H,2,5H2,1H3;1-4,9-10H. The van der Waals surface area contributed by atoms with E-state index in [0.717, 1.165) is 6.42 Å². The van der Waals surface area contributed by atoms with Crippen LogP contribution >= 0.6 is 0 Å². The van der Waals surface area contributed by atoms with E-state index in [-0.39, 0.29) is 17.2 Å². The molecular weight excluding hydrogens is 300 g/mol. The summed E-state index contributed by atoms with van der Waals surface area (Å²) in [6.07, 6.45) is 2.16. The molecule has 3 N–H and O–H groups in total. The van der Waals surface area contributed by atoms with Gasteiger partial charge in [0.25, 0.3) is 0 Å². The number of carbonyl (C=O) groups excluding carboxylic acids is 2. The van der Waals surface area contributed by atoms with E-state index >= 15 is 0 Å². The fourth-order valence-corrected chi connectivity index (χ4v) is 1.56. The number of hydrogen-bond acceptors (Lipinski definition) is 6. The van der Waals surface area contributed by atoms with E-state index in [1.165, 1.54) is 24.3 Å². The Labute approximate surface area is 133 Å². The van der Waals surface area contributed by atoms with Crippen molar-refractivity contribution in [2.45, 2.75) is 13.3 Å². The lowest BCUT2D eigenvalue weighted by Gasteiger charge is -2.06. The zero-order chi connectivity index (χ0) is 17.2. The number of hydrogen-bond donors (Lipinski definition) is 3. The highest BCUT2D eigenvalue weighted by Gasteiger charge is 2.02. The molecule has 122 valence electrons. The van der Waals surface area contributed by atoms with Gasteiger partial charge in [-0.15, -0.1) is 0 Å². The van der Waals surface area contributed by atoms with Crippen LogP contribution in [-0.2, 0) is 0 Å². The molecule has 0 unspecified atom stereocenters. The number of carbonyl (C=O) groups is 2. The van der Waals surface area contributed by atoms with Gasteiger partial charge in [-0.05, 0) is 42.8 Å². The maximum atomic E-state index is 10.3. The summed E-state index contributed by atoms with van der Waals surface area (Å²) in [5.41, 5.74) is 0.789. The Morgan fingerprint density at radius 2 is 1.43 bits per heavy atom. The van der Waals surface area contributed by atoms with Crippen molar-refractivity contribution in [1.29, 1.82) is 0 Å². The number of ether oxygens (including phenoxy) is 1. The van der Waals surface area contributed by atoms with Crippen molar-refractivity contribution in [1.82, 2.24) is 0 Å². The van der Waals surface area contributed by atoms with Gasteiger partial charge in [0.1, 0.15) is 12.6 Å². The quantitative estimate of drug-likeness (QED) is 0.578. The zero-order valence-electron chi connectivity index (χ0n) is 12.6. The van der Waals surface area contributed by atoms with Crippen LogP contribution in [0.1, 0.15) is 34.1 Å². The molecule has 0 saturated carbocycles. The first-order chi connectivity index (χ1) is 11.0. The Kier molecular flexibility index (Phi) is 7.13. The average molecular weight is 318 g/mol. The summed E-state index contributed by atoms with van der Waals surface area (Å²) in [4.78, 5) is 20.4. The summed E-state index contributed by atoms with van der Waals surface area (Å²) < 4.78 is 5.22. The van der Waals surface area contributed by atoms with Gasteiger partial charge in [-0.25, -0.2) is 0 Å². The third kappa shape index (κ3) is 5.70. The first-order valence-electron chi connectivity index (χ1n) is 6.90. The van der Waals surface area contributed by atoms with E-state index in [1.807, 2.05) is 6.92 Å². The molecule has 0 aromatic heterocycles. The molecular formula is C17H18O6.